The average Bonchev–Trinajstić information content (AvgIpc) is 2.77. The fraction of sp³-hybridized carbons (Fsp3) is 0.481. The Kier molecular flexibility index (Phi) is 9.76. The topological polar surface area (TPSA) is 58.6 Å². The first-order valence-electron chi connectivity index (χ1n) is 11.6. The summed E-state index contributed by atoms with van der Waals surface area (Å²) >= 11 is 0. The summed E-state index contributed by atoms with van der Waals surface area (Å²) in [5.41, 5.74) is 3.18. The molecular formula is C27H38N2O3. The average molecular weight is 439 g/mol. The molecule has 0 spiro atoms. The Morgan fingerprint density at radius 1 is 1.00 bits per heavy atom. The molecule has 0 aliphatic heterocycles. The number of rotatable bonds is 11. The van der Waals surface area contributed by atoms with Crippen molar-refractivity contribution in [3.05, 3.63) is 65.2 Å². The summed E-state index contributed by atoms with van der Waals surface area (Å²) in [5, 5.41) is 3.04. The van der Waals surface area contributed by atoms with Crippen LogP contribution in [0, 0.1) is 6.92 Å². The molecule has 0 heterocycles. The molecule has 5 heteroatoms. The van der Waals surface area contributed by atoms with E-state index in [4.69, 9.17) is 4.74 Å². The van der Waals surface area contributed by atoms with Crippen molar-refractivity contribution in [2.24, 2.45) is 0 Å². The second kappa shape index (κ2) is 12.3. The van der Waals surface area contributed by atoms with E-state index < -0.39 is 6.04 Å². The SMILES string of the molecule is CC[C@@H](C)NC(=O)[C@@H](CC)N(Cc1cccc(C)c1)C(=O)COc1ccccc1C(C)C. The quantitative estimate of drug-likeness (QED) is 0.523. The lowest BCUT2D eigenvalue weighted by Gasteiger charge is -2.31. The number of hydrogen-bond donors (Lipinski definition) is 1. The van der Waals surface area contributed by atoms with Crippen molar-refractivity contribution < 1.29 is 14.3 Å². The van der Waals surface area contributed by atoms with Gasteiger partial charge in [-0.15, -0.1) is 0 Å². The van der Waals surface area contributed by atoms with Crippen molar-refractivity contribution in [1.82, 2.24) is 10.2 Å². The molecule has 0 unspecified atom stereocenters. The maximum Gasteiger partial charge on any atom is 0.261 e. The van der Waals surface area contributed by atoms with Crippen LogP contribution in [0.2, 0.25) is 0 Å². The summed E-state index contributed by atoms with van der Waals surface area (Å²) in [4.78, 5) is 28.0. The van der Waals surface area contributed by atoms with Crippen molar-refractivity contribution in [3.8, 4) is 5.75 Å². The number of benzene rings is 2. The third-order valence-corrected chi connectivity index (χ3v) is 5.71. The fourth-order valence-electron chi connectivity index (χ4n) is 3.68. The van der Waals surface area contributed by atoms with Crippen LogP contribution in [0.25, 0.3) is 0 Å². The number of aryl methyl sites for hydroxylation is 1. The highest BCUT2D eigenvalue weighted by Gasteiger charge is 2.29. The molecule has 0 aliphatic rings. The fourth-order valence-corrected chi connectivity index (χ4v) is 3.68. The first-order valence-corrected chi connectivity index (χ1v) is 11.6. The molecule has 2 aromatic rings. The Bertz CT molecular complexity index is 894. The largest absolute Gasteiger partial charge is 0.483 e. The van der Waals surface area contributed by atoms with Crippen LogP contribution >= 0.6 is 0 Å². The number of hydrogen-bond acceptors (Lipinski definition) is 3. The highest BCUT2D eigenvalue weighted by Crippen LogP contribution is 2.26. The molecule has 2 atom stereocenters. The lowest BCUT2D eigenvalue weighted by Crippen LogP contribution is -2.51. The molecule has 0 fully saturated rings. The molecule has 5 nitrogen and oxygen atoms in total. The second-order valence-corrected chi connectivity index (χ2v) is 8.73. The van der Waals surface area contributed by atoms with Gasteiger partial charge in [0.25, 0.3) is 5.91 Å². The van der Waals surface area contributed by atoms with Crippen LogP contribution in [0.5, 0.6) is 5.75 Å². The smallest absolute Gasteiger partial charge is 0.261 e. The van der Waals surface area contributed by atoms with Gasteiger partial charge in [-0.25, -0.2) is 0 Å². The van der Waals surface area contributed by atoms with Crippen LogP contribution in [0.3, 0.4) is 0 Å². The number of para-hydroxylation sites is 1. The van der Waals surface area contributed by atoms with Gasteiger partial charge in [0, 0.05) is 12.6 Å². The van der Waals surface area contributed by atoms with Crippen LogP contribution in [0.1, 0.15) is 70.1 Å². The van der Waals surface area contributed by atoms with Gasteiger partial charge in [-0.3, -0.25) is 9.59 Å². The van der Waals surface area contributed by atoms with E-state index in [1.165, 1.54) is 0 Å². The van der Waals surface area contributed by atoms with Gasteiger partial charge in [0.05, 0.1) is 0 Å². The van der Waals surface area contributed by atoms with E-state index in [1.807, 2.05) is 70.2 Å². The molecule has 0 saturated carbocycles. The second-order valence-electron chi connectivity index (χ2n) is 8.73. The molecule has 0 aliphatic carbocycles. The third-order valence-electron chi connectivity index (χ3n) is 5.71. The van der Waals surface area contributed by atoms with E-state index in [0.717, 1.165) is 23.1 Å². The minimum atomic E-state index is -0.555. The van der Waals surface area contributed by atoms with E-state index >= 15 is 0 Å². The number of carbonyl (C=O) groups is 2. The number of ether oxygens (including phenoxy) is 1. The molecule has 0 aromatic heterocycles. The zero-order valence-corrected chi connectivity index (χ0v) is 20.4. The maximum atomic E-state index is 13.4. The van der Waals surface area contributed by atoms with Gasteiger partial charge in [0.15, 0.2) is 6.61 Å². The van der Waals surface area contributed by atoms with E-state index in [0.29, 0.717) is 18.7 Å². The van der Waals surface area contributed by atoms with Gasteiger partial charge in [-0.05, 0) is 49.8 Å². The summed E-state index contributed by atoms with van der Waals surface area (Å²) in [6, 6.07) is 15.3. The Balaban J connectivity index is 2.26. The Morgan fingerprint density at radius 2 is 1.72 bits per heavy atom. The summed E-state index contributed by atoms with van der Waals surface area (Å²) in [7, 11) is 0. The van der Waals surface area contributed by atoms with Crippen molar-refractivity contribution >= 4 is 11.8 Å². The molecule has 174 valence electrons. The number of carbonyl (C=O) groups excluding carboxylic acids is 2. The van der Waals surface area contributed by atoms with E-state index in [2.05, 4.69) is 25.2 Å². The van der Waals surface area contributed by atoms with Gasteiger partial charge >= 0.3 is 0 Å². The minimum Gasteiger partial charge on any atom is -0.483 e. The zero-order chi connectivity index (χ0) is 23.7. The van der Waals surface area contributed by atoms with Crippen molar-refractivity contribution in [3.63, 3.8) is 0 Å². The molecule has 2 amide bonds. The lowest BCUT2D eigenvalue weighted by molar-refractivity contribution is -0.143. The van der Waals surface area contributed by atoms with Gasteiger partial charge in [-0.2, -0.15) is 0 Å². The highest BCUT2D eigenvalue weighted by atomic mass is 16.5. The Labute approximate surface area is 193 Å². The van der Waals surface area contributed by atoms with Gasteiger partial charge in [-0.1, -0.05) is 75.7 Å². The summed E-state index contributed by atoms with van der Waals surface area (Å²) in [6.07, 6.45) is 1.37. The summed E-state index contributed by atoms with van der Waals surface area (Å²) < 4.78 is 5.96. The highest BCUT2D eigenvalue weighted by molar-refractivity contribution is 5.88. The van der Waals surface area contributed by atoms with Crippen molar-refractivity contribution in [2.75, 3.05) is 6.61 Å². The monoisotopic (exact) mass is 438 g/mol. The van der Waals surface area contributed by atoms with Crippen LogP contribution in [0.15, 0.2) is 48.5 Å². The van der Waals surface area contributed by atoms with Gasteiger partial charge in [0.1, 0.15) is 11.8 Å². The van der Waals surface area contributed by atoms with E-state index in [-0.39, 0.29) is 30.4 Å². The van der Waals surface area contributed by atoms with Gasteiger partial charge in [0.2, 0.25) is 5.91 Å². The summed E-state index contributed by atoms with van der Waals surface area (Å²) in [6.45, 7) is 12.4. The lowest BCUT2D eigenvalue weighted by atomic mass is 10.0. The number of nitrogens with one attached hydrogen (secondary N) is 1. The van der Waals surface area contributed by atoms with Crippen molar-refractivity contribution in [1.29, 1.82) is 0 Å². The van der Waals surface area contributed by atoms with Crippen LogP contribution in [-0.4, -0.2) is 35.4 Å². The van der Waals surface area contributed by atoms with Crippen molar-refractivity contribution in [2.45, 2.75) is 78.9 Å². The van der Waals surface area contributed by atoms with E-state index in [1.54, 1.807) is 4.90 Å². The molecule has 0 saturated heterocycles. The van der Waals surface area contributed by atoms with Gasteiger partial charge < -0.3 is 15.0 Å². The molecule has 2 rings (SSSR count). The molecule has 1 N–H and O–H groups in total. The standard InChI is InChI=1S/C27H38N2O3/c1-7-21(6)28-27(31)24(8-2)29(17-22-13-11-12-20(5)16-22)26(30)18-32-25-15-10-9-14-23(25)19(3)4/h9-16,19,21,24H,7-8,17-18H2,1-6H3,(H,28,31)/t21-,24-/m1/s1. The number of nitrogens with zero attached hydrogens (tertiary/aromatic N) is 1. The zero-order valence-electron chi connectivity index (χ0n) is 20.4. The third kappa shape index (κ3) is 7.11. The van der Waals surface area contributed by atoms with E-state index in [9.17, 15) is 9.59 Å². The van der Waals surface area contributed by atoms with Crippen LogP contribution < -0.4 is 10.1 Å². The normalized spacial score (nSPS) is 12.8. The predicted molar refractivity (Wildman–Crippen MR) is 130 cm³/mol. The minimum absolute atomic E-state index is 0.0571. The van der Waals surface area contributed by atoms with Crippen LogP contribution in [0.4, 0.5) is 0 Å². The summed E-state index contributed by atoms with van der Waals surface area (Å²) in [5.74, 6) is 0.680. The molecule has 2 aromatic carbocycles. The molecule has 0 bridgehead atoms. The van der Waals surface area contributed by atoms with Crippen LogP contribution in [-0.2, 0) is 16.1 Å². The molecular weight excluding hydrogens is 400 g/mol. The predicted octanol–water partition coefficient (Wildman–Crippen LogP) is 5.22. The number of amides is 2. The Morgan fingerprint density at radius 3 is 2.34 bits per heavy atom. The first-order chi connectivity index (χ1) is 15.3. The first kappa shape index (κ1) is 25.4. The Hall–Kier alpha value is -2.82. The molecule has 0 radical (unpaired) electrons. The molecule has 32 heavy (non-hydrogen) atoms. The maximum absolute atomic E-state index is 13.4.